The van der Waals surface area contributed by atoms with Crippen LogP contribution in [0.2, 0.25) is 0 Å². The predicted octanol–water partition coefficient (Wildman–Crippen LogP) is 2.70. The molecule has 2 atom stereocenters. The molecule has 130 valence electrons. The van der Waals surface area contributed by atoms with E-state index in [0.29, 0.717) is 25.6 Å². The SMILES string of the molecule is CCOCCOC(C)C(=O)NC(C)c1ncc(-c2ccccc2)[nH]1. The van der Waals surface area contributed by atoms with Gasteiger partial charge in [0, 0.05) is 6.61 Å². The lowest BCUT2D eigenvalue weighted by molar-refractivity contribution is -0.133. The summed E-state index contributed by atoms with van der Waals surface area (Å²) in [6.07, 6.45) is 1.24. The van der Waals surface area contributed by atoms with E-state index in [-0.39, 0.29) is 11.9 Å². The molecule has 0 aliphatic rings. The summed E-state index contributed by atoms with van der Waals surface area (Å²) in [5.74, 6) is 0.542. The number of nitrogens with zero attached hydrogens (tertiary/aromatic N) is 1. The quantitative estimate of drug-likeness (QED) is 0.693. The fourth-order valence-corrected chi connectivity index (χ4v) is 2.22. The summed E-state index contributed by atoms with van der Waals surface area (Å²) in [5.41, 5.74) is 1.98. The normalized spacial score (nSPS) is 13.5. The van der Waals surface area contributed by atoms with Crippen LogP contribution in [0.4, 0.5) is 0 Å². The van der Waals surface area contributed by atoms with Gasteiger partial charge in [-0.1, -0.05) is 30.3 Å². The van der Waals surface area contributed by atoms with Gasteiger partial charge < -0.3 is 19.8 Å². The van der Waals surface area contributed by atoms with Crippen molar-refractivity contribution < 1.29 is 14.3 Å². The number of carbonyl (C=O) groups excluding carboxylic acids is 1. The van der Waals surface area contributed by atoms with Crippen LogP contribution in [0.3, 0.4) is 0 Å². The number of H-pyrrole nitrogens is 1. The topological polar surface area (TPSA) is 76.2 Å². The first-order chi connectivity index (χ1) is 11.6. The van der Waals surface area contributed by atoms with Crippen LogP contribution in [0, 0.1) is 0 Å². The summed E-state index contributed by atoms with van der Waals surface area (Å²) >= 11 is 0. The van der Waals surface area contributed by atoms with E-state index >= 15 is 0 Å². The number of aromatic amines is 1. The van der Waals surface area contributed by atoms with Gasteiger partial charge >= 0.3 is 0 Å². The number of rotatable bonds is 9. The van der Waals surface area contributed by atoms with E-state index in [0.717, 1.165) is 11.3 Å². The van der Waals surface area contributed by atoms with Crippen molar-refractivity contribution in [3.8, 4) is 11.3 Å². The molecule has 2 aromatic rings. The molecule has 6 nitrogen and oxygen atoms in total. The van der Waals surface area contributed by atoms with Crippen molar-refractivity contribution in [2.75, 3.05) is 19.8 Å². The number of imidazole rings is 1. The Morgan fingerprint density at radius 2 is 2.00 bits per heavy atom. The average Bonchev–Trinajstić information content (AvgIpc) is 3.09. The van der Waals surface area contributed by atoms with Gasteiger partial charge in [0.05, 0.1) is 31.1 Å². The second kappa shape index (κ2) is 9.20. The highest BCUT2D eigenvalue weighted by Crippen LogP contribution is 2.18. The molecule has 24 heavy (non-hydrogen) atoms. The average molecular weight is 331 g/mol. The van der Waals surface area contributed by atoms with Gasteiger partial charge in [-0.2, -0.15) is 0 Å². The van der Waals surface area contributed by atoms with E-state index < -0.39 is 6.10 Å². The molecule has 0 radical (unpaired) electrons. The molecule has 0 fully saturated rings. The highest BCUT2D eigenvalue weighted by molar-refractivity contribution is 5.80. The van der Waals surface area contributed by atoms with Gasteiger partial charge in [-0.3, -0.25) is 4.79 Å². The minimum Gasteiger partial charge on any atom is -0.379 e. The second-order valence-corrected chi connectivity index (χ2v) is 5.49. The number of nitrogens with one attached hydrogen (secondary N) is 2. The van der Waals surface area contributed by atoms with Crippen LogP contribution >= 0.6 is 0 Å². The molecule has 2 N–H and O–H groups in total. The first-order valence-electron chi connectivity index (χ1n) is 8.21. The van der Waals surface area contributed by atoms with E-state index in [2.05, 4.69) is 15.3 Å². The zero-order chi connectivity index (χ0) is 17.4. The summed E-state index contributed by atoms with van der Waals surface area (Å²) in [6.45, 7) is 7.07. The van der Waals surface area contributed by atoms with Gasteiger partial charge in [-0.15, -0.1) is 0 Å². The molecule has 0 spiro atoms. The van der Waals surface area contributed by atoms with Crippen molar-refractivity contribution in [3.05, 3.63) is 42.4 Å². The van der Waals surface area contributed by atoms with Crippen molar-refractivity contribution >= 4 is 5.91 Å². The van der Waals surface area contributed by atoms with Gasteiger partial charge in [0.15, 0.2) is 0 Å². The molecular formula is C18H25N3O3. The summed E-state index contributed by atoms with van der Waals surface area (Å²) in [5, 5.41) is 2.90. The van der Waals surface area contributed by atoms with Crippen LogP contribution in [-0.4, -0.2) is 41.8 Å². The number of benzene rings is 1. The van der Waals surface area contributed by atoms with E-state index in [1.807, 2.05) is 44.2 Å². The Bertz CT molecular complexity index is 627. The Kier molecular flexibility index (Phi) is 6.96. The second-order valence-electron chi connectivity index (χ2n) is 5.49. The standard InChI is InChI=1S/C18H25N3O3/c1-4-23-10-11-24-14(3)18(22)20-13(2)17-19-12-16(21-17)15-8-6-5-7-9-15/h5-9,12-14H,4,10-11H2,1-3H3,(H,19,21)(H,20,22). The molecule has 1 amide bonds. The van der Waals surface area contributed by atoms with Gasteiger partial charge in [0.25, 0.3) is 0 Å². The number of aromatic nitrogens is 2. The molecule has 0 bridgehead atoms. The Morgan fingerprint density at radius 3 is 2.71 bits per heavy atom. The third-order valence-electron chi connectivity index (χ3n) is 3.62. The molecule has 0 aliphatic heterocycles. The van der Waals surface area contributed by atoms with Crippen LogP contribution in [-0.2, 0) is 14.3 Å². The van der Waals surface area contributed by atoms with E-state index in [1.165, 1.54) is 0 Å². The lowest BCUT2D eigenvalue weighted by Gasteiger charge is -2.16. The van der Waals surface area contributed by atoms with Gasteiger partial charge in [0.1, 0.15) is 11.9 Å². The third-order valence-corrected chi connectivity index (χ3v) is 3.62. The first kappa shape index (κ1) is 18.2. The lowest BCUT2D eigenvalue weighted by Crippen LogP contribution is -2.37. The monoisotopic (exact) mass is 331 g/mol. The number of amides is 1. The van der Waals surface area contributed by atoms with Gasteiger partial charge in [-0.25, -0.2) is 4.98 Å². The van der Waals surface area contributed by atoms with Gasteiger partial charge in [0.2, 0.25) is 5.91 Å². The van der Waals surface area contributed by atoms with Crippen LogP contribution in [0.5, 0.6) is 0 Å². The number of hydrogen-bond acceptors (Lipinski definition) is 4. The maximum atomic E-state index is 12.1. The van der Waals surface area contributed by atoms with Crippen LogP contribution in [0.25, 0.3) is 11.3 Å². The predicted molar refractivity (Wildman–Crippen MR) is 92.5 cm³/mol. The molecular weight excluding hydrogens is 306 g/mol. The van der Waals surface area contributed by atoms with Crippen molar-refractivity contribution in [3.63, 3.8) is 0 Å². The summed E-state index contributed by atoms with van der Waals surface area (Å²) in [6, 6.07) is 9.71. The first-order valence-corrected chi connectivity index (χ1v) is 8.21. The van der Waals surface area contributed by atoms with E-state index in [9.17, 15) is 4.79 Å². The maximum Gasteiger partial charge on any atom is 0.249 e. The number of carbonyl (C=O) groups is 1. The van der Waals surface area contributed by atoms with Gasteiger partial charge in [-0.05, 0) is 26.3 Å². The van der Waals surface area contributed by atoms with E-state index in [1.54, 1.807) is 13.1 Å². The van der Waals surface area contributed by atoms with Crippen LogP contribution in [0.15, 0.2) is 36.5 Å². The zero-order valence-corrected chi connectivity index (χ0v) is 14.4. The summed E-state index contributed by atoms with van der Waals surface area (Å²) in [7, 11) is 0. The van der Waals surface area contributed by atoms with Crippen LogP contribution in [0.1, 0.15) is 32.6 Å². The summed E-state index contributed by atoms with van der Waals surface area (Å²) < 4.78 is 10.6. The number of ether oxygens (including phenoxy) is 2. The Hall–Kier alpha value is -2.18. The Labute approximate surface area is 142 Å². The van der Waals surface area contributed by atoms with Crippen molar-refractivity contribution in [2.45, 2.75) is 32.9 Å². The largest absolute Gasteiger partial charge is 0.379 e. The molecule has 0 saturated heterocycles. The molecule has 1 heterocycles. The lowest BCUT2D eigenvalue weighted by atomic mass is 10.2. The fourth-order valence-electron chi connectivity index (χ4n) is 2.22. The minimum absolute atomic E-state index is 0.170. The zero-order valence-electron chi connectivity index (χ0n) is 14.4. The molecule has 1 aromatic carbocycles. The molecule has 2 unspecified atom stereocenters. The van der Waals surface area contributed by atoms with E-state index in [4.69, 9.17) is 9.47 Å². The molecule has 6 heteroatoms. The number of hydrogen-bond donors (Lipinski definition) is 2. The van der Waals surface area contributed by atoms with Crippen LogP contribution < -0.4 is 5.32 Å². The minimum atomic E-state index is -0.531. The highest BCUT2D eigenvalue weighted by atomic mass is 16.5. The van der Waals surface area contributed by atoms with Crippen molar-refractivity contribution in [2.24, 2.45) is 0 Å². The maximum absolute atomic E-state index is 12.1. The Morgan fingerprint density at radius 1 is 1.25 bits per heavy atom. The van der Waals surface area contributed by atoms with Crippen molar-refractivity contribution in [1.82, 2.24) is 15.3 Å². The third kappa shape index (κ3) is 5.18. The fraction of sp³-hybridized carbons (Fsp3) is 0.444. The molecule has 0 aliphatic carbocycles. The Balaban J connectivity index is 1.87. The molecule has 1 aromatic heterocycles. The van der Waals surface area contributed by atoms with Crippen molar-refractivity contribution in [1.29, 1.82) is 0 Å². The summed E-state index contributed by atoms with van der Waals surface area (Å²) in [4.78, 5) is 19.8. The smallest absolute Gasteiger partial charge is 0.249 e. The molecule has 2 rings (SSSR count). The highest BCUT2D eigenvalue weighted by Gasteiger charge is 2.18. The molecule has 0 saturated carbocycles.